The molecule has 11 heteroatoms. The third-order valence-electron chi connectivity index (χ3n) is 4.39. The number of nitrogens with one attached hydrogen (secondary N) is 1. The molecule has 0 aliphatic heterocycles. The van der Waals surface area contributed by atoms with Gasteiger partial charge in [-0.15, -0.1) is 5.10 Å². The van der Waals surface area contributed by atoms with E-state index in [0.29, 0.717) is 36.0 Å². The molecule has 0 radical (unpaired) electrons. The first kappa shape index (κ1) is 24.2. The van der Waals surface area contributed by atoms with Crippen LogP contribution >= 0.6 is 0 Å². The second-order valence-corrected chi connectivity index (χ2v) is 6.78. The first-order valence-electron chi connectivity index (χ1n) is 10.1. The van der Waals surface area contributed by atoms with E-state index >= 15 is 0 Å². The van der Waals surface area contributed by atoms with Crippen LogP contribution in [0.25, 0.3) is 17.1 Å². The number of alkyl halides is 3. The number of nitrogens with zero attached hydrogens (tertiary/aromatic N) is 3. The number of hydrogen-bond acceptors (Lipinski definition) is 6. The van der Waals surface area contributed by atoms with E-state index in [1.54, 1.807) is 24.3 Å². The Labute approximate surface area is 188 Å². The quantitative estimate of drug-likeness (QED) is 0.457. The third kappa shape index (κ3) is 6.53. The molecule has 33 heavy (non-hydrogen) atoms. The van der Waals surface area contributed by atoms with Gasteiger partial charge in [0.25, 0.3) is 0 Å². The molecule has 0 saturated heterocycles. The summed E-state index contributed by atoms with van der Waals surface area (Å²) >= 11 is 0. The van der Waals surface area contributed by atoms with E-state index in [0.717, 1.165) is 12.1 Å². The van der Waals surface area contributed by atoms with Gasteiger partial charge >= 0.3 is 12.2 Å². The molecule has 0 unspecified atom stereocenters. The number of carbonyl (C=O) groups excluding carboxylic acids is 1. The van der Waals surface area contributed by atoms with Crippen LogP contribution in [0.15, 0.2) is 48.5 Å². The van der Waals surface area contributed by atoms with Gasteiger partial charge in [-0.25, -0.2) is 4.68 Å². The van der Waals surface area contributed by atoms with E-state index in [4.69, 9.17) is 14.2 Å². The first-order valence-corrected chi connectivity index (χ1v) is 10.1. The highest BCUT2D eigenvalue weighted by atomic mass is 19.4. The second-order valence-electron chi connectivity index (χ2n) is 6.78. The highest BCUT2D eigenvalue weighted by molar-refractivity contribution is 5.91. The average molecular weight is 464 g/mol. The number of amides is 1. The largest absolute Gasteiger partial charge is 0.460 e. The Kier molecular flexibility index (Phi) is 8.01. The normalized spacial score (nSPS) is 11.4. The summed E-state index contributed by atoms with van der Waals surface area (Å²) in [6, 6.07) is 11.4. The maximum absolute atomic E-state index is 12.9. The lowest BCUT2D eigenvalue weighted by atomic mass is 10.1. The van der Waals surface area contributed by atoms with Gasteiger partial charge in [0.1, 0.15) is 13.2 Å². The first-order chi connectivity index (χ1) is 15.8. The molecule has 3 aromatic rings. The monoisotopic (exact) mass is 464 g/mol. The molecule has 3 rings (SSSR count). The van der Waals surface area contributed by atoms with Crippen molar-refractivity contribution in [3.63, 3.8) is 0 Å². The molecule has 0 aliphatic carbocycles. The van der Waals surface area contributed by atoms with Gasteiger partial charge in [-0.1, -0.05) is 12.1 Å². The lowest BCUT2D eigenvalue weighted by molar-refractivity contribution is -0.137. The number of anilines is 1. The molecule has 0 aliphatic rings. The van der Waals surface area contributed by atoms with Crippen LogP contribution in [0.2, 0.25) is 0 Å². The zero-order valence-corrected chi connectivity index (χ0v) is 18.1. The van der Waals surface area contributed by atoms with Crippen LogP contribution in [-0.4, -0.2) is 54.2 Å². The van der Waals surface area contributed by atoms with Gasteiger partial charge in [-0.05, 0) is 43.3 Å². The highest BCUT2D eigenvalue weighted by Crippen LogP contribution is 2.31. The van der Waals surface area contributed by atoms with Crippen molar-refractivity contribution in [1.29, 1.82) is 0 Å². The average Bonchev–Trinajstić information content (AvgIpc) is 3.21. The number of aromatic nitrogens is 3. The molecule has 0 spiro atoms. The van der Waals surface area contributed by atoms with Crippen molar-refractivity contribution in [3.05, 3.63) is 54.1 Å². The van der Waals surface area contributed by atoms with Crippen LogP contribution in [0.1, 0.15) is 12.5 Å². The molecule has 2 aromatic carbocycles. The van der Waals surface area contributed by atoms with Gasteiger partial charge < -0.3 is 19.5 Å². The van der Waals surface area contributed by atoms with Crippen LogP contribution in [-0.2, 0) is 20.4 Å². The van der Waals surface area contributed by atoms with Crippen LogP contribution in [0.4, 0.5) is 18.9 Å². The Hall–Kier alpha value is -3.44. The number of carbonyl (C=O) groups is 1. The van der Waals surface area contributed by atoms with Crippen molar-refractivity contribution in [1.82, 2.24) is 14.8 Å². The Morgan fingerprint density at radius 3 is 2.36 bits per heavy atom. The van der Waals surface area contributed by atoms with Gasteiger partial charge in [0, 0.05) is 25.0 Å². The molecule has 1 amide bonds. The summed E-state index contributed by atoms with van der Waals surface area (Å²) in [5.74, 6) is -0.00673. The number of rotatable bonds is 10. The fourth-order valence-corrected chi connectivity index (χ4v) is 2.88. The summed E-state index contributed by atoms with van der Waals surface area (Å²) in [6.45, 7) is 2.88. The Balaban J connectivity index is 1.90. The minimum Gasteiger partial charge on any atom is -0.460 e. The zero-order chi connectivity index (χ0) is 23.8. The fourth-order valence-electron chi connectivity index (χ4n) is 2.88. The maximum Gasteiger partial charge on any atom is 0.416 e. The summed E-state index contributed by atoms with van der Waals surface area (Å²) in [5.41, 5.74) is 0.779. The van der Waals surface area contributed by atoms with Crippen LogP contribution in [0.5, 0.6) is 6.01 Å². The Bertz CT molecular complexity index is 1050. The molecule has 0 fully saturated rings. The topological polar surface area (TPSA) is 87.5 Å². The number of ether oxygens (including phenoxy) is 3. The third-order valence-corrected chi connectivity index (χ3v) is 4.39. The molecule has 176 valence electrons. The van der Waals surface area contributed by atoms with E-state index in [1.807, 2.05) is 6.92 Å². The van der Waals surface area contributed by atoms with Gasteiger partial charge in [0.15, 0.2) is 5.82 Å². The number of methoxy groups -OCH3 is 1. The summed E-state index contributed by atoms with van der Waals surface area (Å²) in [7, 11) is 1.42. The zero-order valence-electron chi connectivity index (χ0n) is 18.1. The minimum absolute atomic E-state index is 0.0575. The lowest BCUT2D eigenvalue weighted by Crippen LogP contribution is -2.17. The predicted octanol–water partition coefficient (Wildman–Crippen LogP) is 3.95. The number of hydrogen-bond donors (Lipinski definition) is 1. The molecule has 1 aromatic heterocycles. The van der Waals surface area contributed by atoms with E-state index < -0.39 is 11.7 Å². The molecular formula is C22H23F3N4O4. The minimum atomic E-state index is -4.44. The Morgan fingerprint density at radius 2 is 1.76 bits per heavy atom. The van der Waals surface area contributed by atoms with Gasteiger partial charge in [-0.2, -0.15) is 18.2 Å². The van der Waals surface area contributed by atoms with Crippen LogP contribution in [0, 0.1) is 0 Å². The van der Waals surface area contributed by atoms with Crippen LogP contribution < -0.4 is 10.1 Å². The highest BCUT2D eigenvalue weighted by Gasteiger charge is 2.30. The van der Waals surface area contributed by atoms with E-state index in [9.17, 15) is 18.0 Å². The lowest BCUT2D eigenvalue weighted by Gasteiger charge is -2.09. The van der Waals surface area contributed by atoms with Crippen molar-refractivity contribution in [2.75, 3.05) is 38.9 Å². The van der Waals surface area contributed by atoms with Crippen molar-refractivity contribution in [2.45, 2.75) is 13.1 Å². The van der Waals surface area contributed by atoms with Gasteiger partial charge in [0.2, 0.25) is 5.91 Å². The molecule has 1 heterocycles. The summed E-state index contributed by atoms with van der Waals surface area (Å²) < 4.78 is 55.8. The SMILES string of the molecule is CCOCCOc1nc(-c2ccc(C(F)(F)F)cc2)n(-c2ccc(NC(=O)COC)cc2)n1. The van der Waals surface area contributed by atoms with Gasteiger partial charge in [0.05, 0.1) is 17.9 Å². The molecule has 0 atom stereocenters. The second kappa shape index (κ2) is 10.9. The van der Waals surface area contributed by atoms with Crippen LogP contribution in [0.3, 0.4) is 0 Å². The van der Waals surface area contributed by atoms with E-state index in [1.165, 1.54) is 23.9 Å². The van der Waals surface area contributed by atoms with Crippen molar-refractivity contribution in [2.24, 2.45) is 0 Å². The summed E-state index contributed by atoms with van der Waals surface area (Å²) in [5, 5.41) is 7.02. The summed E-state index contributed by atoms with van der Waals surface area (Å²) in [6.07, 6.45) is -4.44. The van der Waals surface area contributed by atoms with Crippen molar-refractivity contribution < 1.29 is 32.2 Å². The van der Waals surface area contributed by atoms with Crippen molar-refractivity contribution >= 4 is 11.6 Å². The molecular weight excluding hydrogens is 441 g/mol. The predicted molar refractivity (Wildman–Crippen MR) is 114 cm³/mol. The maximum atomic E-state index is 12.9. The standard InChI is InChI=1S/C22H23F3N4O4/c1-3-32-12-13-33-21-27-20(15-4-6-16(7-5-15)22(23,24)25)29(28-21)18-10-8-17(9-11-18)26-19(30)14-31-2/h4-11H,3,12-14H2,1-2H3,(H,26,30). The van der Waals surface area contributed by atoms with Gasteiger partial charge in [-0.3, -0.25) is 4.79 Å². The van der Waals surface area contributed by atoms with E-state index in [-0.39, 0.29) is 25.1 Å². The Morgan fingerprint density at radius 1 is 1.06 bits per heavy atom. The smallest absolute Gasteiger partial charge is 0.416 e. The van der Waals surface area contributed by atoms with E-state index in [2.05, 4.69) is 15.4 Å². The van der Waals surface area contributed by atoms with Crippen molar-refractivity contribution in [3.8, 4) is 23.1 Å². The molecule has 0 saturated carbocycles. The number of benzene rings is 2. The number of halogens is 3. The molecule has 1 N–H and O–H groups in total. The summed E-state index contributed by atoms with van der Waals surface area (Å²) in [4.78, 5) is 16.0. The molecule has 0 bridgehead atoms. The molecule has 8 nitrogen and oxygen atoms in total. The fraction of sp³-hybridized carbons (Fsp3) is 0.318.